The number of nitrogens with zero attached hydrogens (tertiary/aromatic N) is 5. The third-order valence-corrected chi connectivity index (χ3v) is 8.02. The highest BCUT2D eigenvalue weighted by atomic mass is 32.2. The van der Waals surface area contributed by atoms with Gasteiger partial charge in [0, 0.05) is 50.7 Å². The van der Waals surface area contributed by atoms with Crippen molar-refractivity contribution in [3.05, 3.63) is 35.4 Å². The Kier molecular flexibility index (Phi) is 9.36. The summed E-state index contributed by atoms with van der Waals surface area (Å²) in [5, 5.41) is 0.711. The maximum absolute atomic E-state index is 13.1. The zero-order chi connectivity index (χ0) is 27.3. The van der Waals surface area contributed by atoms with Gasteiger partial charge in [-0.1, -0.05) is 39.5 Å². The lowest BCUT2D eigenvalue weighted by atomic mass is 9.92. The molecule has 10 heteroatoms. The predicted molar refractivity (Wildman–Crippen MR) is 149 cm³/mol. The number of amides is 1. The Bertz CT molecular complexity index is 1110. The van der Waals surface area contributed by atoms with E-state index in [1.807, 2.05) is 6.07 Å². The summed E-state index contributed by atoms with van der Waals surface area (Å²) in [7, 11) is 0. The van der Waals surface area contributed by atoms with Gasteiger partial charge < -0.3 is 23.9 Å². The molecule has 2 aliphatic heterocycles. The molecule has 2 aromatic rings. The van der Waals surface area contributed by atoms with Crippen LogP contribution in [0.25, 0.3) is 0 Å². The number of hydrogen-bond donors (Lipinski definition) is 0. The van der Waals surface area contributed by atoms with Gasteiger partial charge in [-0.2, -0.15) is 0 Å². The minimum absolute atomic E-state index is 0.0988. The van der Waals surface area contributed by atoms with Gasteiger partial charge in [-0.3, -0.25) is 9.59 Å². The molecule has 4 rings (SSSR count). The van der Waals surface area contributed by atoms with E-state index in [1.165, 1.54) is 11.8 Å². The highest BCUT2D eigenvalue weighted by Gasteiger charge is 2.31. The molecular weight excluding hydrogens is 502 g/mol. The van der Waals surface area contributed by atoms with Gasteiger partial charge in [0.1, 0.15) is 11.6 Å². The van der Waals surface area contributed by atoms with Crippen LogP contribution in [0.4, 0.5) is 5.82 Å². The molecule has 2 aromatic heterocycles. The fourth-order valence-electron chi connectivity index (χ4n) is 4.79. The molecule has 1 amide bonds. The van der Waals surface area contributed by atoms with Crippen LogP contribution < -0.4 is 4.90 Å². The average molecular weight is 544 g/mol. The standard InChI is InChI=1S/C28H41N5O4S/c1-6-31-13-15-32(16-14-31)24-17-23(28(3,4)5)29-27(30-24)38-19-21-10-11-22(37-21)25(34)33-12-8-9-20(18-33)26(35)36-7-2/h10-11,17,20H,6-9,12-16,18-19H2,1-5H3/t20-/m0/s1. The Labute approximate surface area is 230 Å². The smallest absolute Gasteiger partial charge is 0.310 e. The molecule has 0 spiro atoms. The van der Waals surface area contributed by atoms with Crippen LogP contribution >= 0.6 is 11.8 Å². The van der Waals surface area contributed by atoms with E-state index in [4.69, 9.17) is 19.1 Å². The van der Waals surface area contributed by atoms with Crippen LogP contribution in [0.3, 0.4) is 0 Å². The molecule has 0 aliphatic carbocycles. The topological polar surface area (TPSA) is 92.0 Å². The third-order valence-electron chi connectivity index (χ3n) is 7.15. The van der Waals surface area contributed by atoms with Crippen LogP contribution in [-0.4, -0.2) is 84.1 Å². The quantitative estimate of drug-likeness (QED) is 0.276. The normalized spacial score (nSPS) is 19.0. The van der Waals surface area contributed by atoms with Crippen molar-refractivity contribution < 1.29 is 18.7 Å². The van der Waals surface area contributed by atoms with Crippen molar-refractivity contribution in [1.29, 1.82) is 0 Å². The predicted octanol–water partition coefficient (Wildman–Crippen LogP) is 4.22. The molecule has 38 heavy (non-hydrogen) atoms. The summed E-state index contributed by atoms with van der Waals surface area (Å²) in [6, 6.07) is 5.68. The molecule has 2 aliphatic rings. The number of likely N-dealkylation sites (N-methyl/N-ethyl adjacent to an activating group) is 1. The number of ether oxygens (including phenoxy) is 1. The maximum Gasteiger partial charge on any atom is 0.310 e. The highest BCUT2D eigenvalue weighted by Crippen LogP contribution is 2.29. The van der Waals surface area contributed by atoms with E-state index in [2.05, 4.69) is 43.6 Å². The number of carbonyl (C=O) groups is 2. The van der Waals surface area contributed by atoms with Gasteiger partial charge in [-0.15, -0.1) is 0 Å². The molecule has 0 radical (unpaired) electrons. The van der Waals surface area contributed by atoms with Crippen LogP contribution in [0.15, 0.2) is 27.8 Å². The van der Waals surface area contributed by atoms with Crippen LogP contribution in [0.5, 0.6) is 0 Å². The molecule has 0 bridgehead atoms. The monoisotopic (exact) mass is 543 g/mol. The lowest BCUT2D eigenvalue weighted by molar-refractivity contribution is -0.149. The van der Waals surface area contributed by atoms with Gasteiger partial charge in [0.25, 0.3) is 5.91 Å². The number of likely N-dealkylation sites (tertiary alicyclic amines) is 1. The number of furan rings is 1. The Morgan fingerprint density at radius 1 is 1.11 bits per heavy atom. The summed E-state index contributed by atoms with van der Waals surface area (Å²) in [6.07, 6.45) is 1.52. The molecule has 0 aromatic carbocycles. The first-order valence-corrected chi connectivity index (χ1v) is 14.7. The van der Waals surface area contributed by atoms with E-state index in [0.717, 1.165) is 57.1 Å². The lowest BCUT2D eigenvalue weighted by Crippen LogP contribution is -2.46. The van der Waals surface area contributed by atoms with Gasteiger partial charge in [0.2, 0.25) is 0 Å². The van der Waals surface area contributed by atoms with Gasteiger partial charge in [0.05, 0.1) is 24.0 Å². The van der Waals surface area contributed by atoms with Gasteiger partial charge in [0.15, 0.2) is 10.9 Å². The molecule has 9 nitrogen and oxygen atoms in total. The lowest BCUT2D eigenvalue weighted by Gasteiger charge is -2.35. The third kappa shape index (κ3) is 7.08. The molecule has 2 fully saturated rings. The molecule has 0 unspecified atom stereocenters. The summed E-state index contributed by atoms with van der Waals surface area (Å²) >= 11 is 1.52. The zero-order valence-corrected chi connectivity index (χ0v) is 24.2. The molecule has 0 saturated carbocycles. The Hall–Kier alpha value is -2.59. The van der Waals surface area contributed by atoms with E-state index in [1.54, 1.807) is 17.9 Å². The fraction of sp³-hybridized carbons (Fsp3) is 0.643. The molecule has 208 valence electrons. The van der Waals surface area contributed by atoms with Crippen molar-refractivity contribution >= 4 is 29.5 Å². The van der Waals surface area contributed by atoms with Crippen LogP contribution in [0, 0.1) is 5.92 Å². The number of rotatable bonds is 8. The van der Waals surface area contributed by atoms with Crippen LogP contribution in [0.2, 0.25) is 0 Å². The molecule has 1 atom stereocenters. The van der Waals surface area contributed by atoms with Crippen molar-refractivity contribution in [1.82, 2.24) is 19.8 Å². The first-order chi connectivity index (χ1) is 18.2. The summed E-state index contributed by atoms with van der Waals surface area (Å²) < 4.78 is 11.1. The van der Waals surface area contributed by atoms with Gasteiger partial charge in [-0.05, 0) is 38.4 Å². The van der Waals surface area contributed by atoms with Crippen molar-refractivity contribution in [2.24, 2.45) is 5.92 Å². The number of thioether (sulfide) groups is 1. The first-order valence-electron chi connectivity index (χ1n) is 13.7. The second-order valence-electron chi connectivity index (χ2n) is 11.0. The number of aromatic nitrogens is 2. The zero-order valence-electron chi connectivity index (χ0n) is 23.4. The van der Waals surface area contributed by atoms with E-state index in [9.17, 15) is 9.59 Å². The first kappa shape index (κ1) is 28.4. The summed E-state index contributed by atoms with van der Waals surface area (Å²) in [5.41, 5.74) is 0.915. The van der Waals surface area contributed by atoms with E-state index in [0.29, 0.717) is 42.1 Å². The summed E-state index contributed by atoms with van der Waals surface area (Å²) in [4.78, 5) is 41.5. The fourth-order valence-corrected chi connectivity index (χ4v) is 5.54. The number of esters is 1. The van der Waals surface area contributed by atoms with E-state index >= 15 is 0 Å². The molecule has 0 N–H and O–H groups in total. The van der Waals surface area contributed by atoms with E-state index in [-0.39, 0.29) is 23.2 Å². The van der Waals surface area contributed by atoms with Gasteiger partial charge >= 0.3 is 5.97 Å². The number of hydrogen-bond acceptors (Lipinski definition) is 9. The van der Waals surface area contributed by atoms with Crippen LogP contribution in [-0.2, 0) is 20.7 Å². The summed E-state index contributed by atoms with van der Waals surface area (Å²) in [5.74, 6) is 1.79. The minimum atomic E-state index is -0.274. The second kappa shape index (κ2) is 12.5. The summed E-state index contributed by atoms with van der Waals surface area (Å²) in [6.45, 7) is 16.9. The molecular formula is C28H41N5O4S. The Morgan fingerprint density at radius 3 is 2.55 bits per heavy atom. The number of piperidine rings is 1. The average Bonchev–Trinajstić information content (AvgIpc) is 3.40. The van der Waals surface area contributed by atoms with Crippen molar-refractivity contribution in [2.75, 3.05) is 57.3 Å². The van der Waals surface area contributed by atoms with Crippen LogP contribution in [0.1, 0.15) is 69.5 Å². The maximum atomic E-state index is 13.1. The number of piperazine rings is 1. The number of carbonyl (C=O) groups excluding carboxylic acids is 2. The molecule has 4 heterocycles. The molecule has 2 saturated heterocycles. The largest absolute Gasteiger partial charge is 0.466 e. The van der Waals surface area contributed by atoms with Crippen molar-refractivity contribution in [3.8, 4) is 0 Å². The van der Waals surface area contributed by atoms with E-state index < -0.39 is 0 Å². The Morgan fingerprint density at radius 2 is 1.87 bits per heavy atom. The Balaban J connectivity index is 1.41. The number of anilines is 1. The van der Waals surface area contributed by atoms with Crippen molar-refractivity contribution in [2.45, 2.75) is 63.8 Å². The SMILES string of the molecule is CCOC(=O)[C@H]1CCCN(C(=O)c2ccc(CSc3nc(N4CCN(CC)CC4)cc(C(C)(C)C)n3)o2)C1. The minimum Gasteiger partial charge on any atom is -0.466 e. The van der Waals surface area contributed by atoms with Gasteiger partial charge in [-0.25, -0.2) is 9.97 Å². The van der Waals surface area contributed by atoms with Crippen molar-refractivity contribution in [3.63, 3.8) is 0 Å². The second-order valence-corrected chi connectivity index (χ2v) is 11.9. The highest BCUT2D eigenvalue weighted by molar-refractivity contribution is 7.98.